The molecule has 0 spiro atoms. The summed E-state index contributed by atoms with van der Waals surface area (Å²) >= 11 is 0. The molecule has 1 aromatic rings. The van der Waals surface area contributed by atoms with Crippen LogP contribution >= 0.6 is 0 Å². The zero-order valence-electron chi connectivity index (χ0n) is 10.5. The Bertz CT molecular complexity index is 412. The number of halogens is 2. The number of nitrogens with one attached hydrogen (secondary N) is 2. The van der Waals surface area contributed by atoms with Crippen LogP contribution in [0.2, 0.25) is 0 Å². The number of anilines is 1. The smallest absolute Gasteiger partial charge is 0.221 e. The highest BCUT2D eigenvalue weighted by Crippen LogP contribution is 2.10. The van der Waals surface area contributed by atoms with Gasteiger partial charge in [0.1, 0.15) is 5.82 Å². The van der Waals surface area contributed by atoms with Crippen LogP contribution in [0.15, 0.2) is 12.3 Å². The molecule has 1 amide bonds. The summed E-state index contributed by atoms with van der Waals surface area (Å²) in [6, 6.07) is 0.868. The fourth-order valence-corrected chi connectivity index (χ4v) is 1.29. The summed E-state index contributed by atoms with van der Waals surface area (Å²) in [5.41, 5.74) is 0. The Morgan fingerprint density at radius 2 is 2.22 bits per heavy atom. The number of carbonyl (C=O) groups excluding carboxylic acids is 1. The Labute approximate surface area is 105 Å². The molecule has 1 atom stereocenters. The Balaban J connectivity index is 2.35. The van der Waals surface area contributed by atoms with Crippen LogP contribution in [-0.4, -0.2) is 23.5 Å². The topological polar surface area (TPSA) is 54.0 Å². The van der Waals surface area contributed by atoms with Crippen molar-refractivity contribution in [1.82, 2.24) is 10.3 Å². The van der Waals surface area contributed by atoms with Crippen LogP contribution in [0.5, 0.6) is 0 Å². The Hall–Kier alpha value is -1.72. The molecule has 1 unspecified atom stereocenters. The van der Waals surface area contributed by atoms with Gasteiger partial charge in [-0.2, -0.15) is 0 Å². The van der Waals surface area contributed by atoms with Gasteiger partial charge in [0.05, 0.1) is 6.20 Å². The number of rotatable bonds is 6. The van der Waals surface area contributed by atoms with E-state index in [0.29, 0.717) is 0 Å². The zero-order chi connectivity index (χ0) is 13.5. The van der Waals surface area contributed by atoms with Crippen molar-refractivity contribution in [3.63, 3.8) is 0 Å². The first-order valence-electron chi connectivity index (χ1n) is 5.87. The number of hydrogen-bond acceptors (Lipinski definition) is 3. The quantitative estimate of drug-likeness (QED) is 0.820. The highest BCUT2D eigenvalue weighted by atomic mass is 19.1. The van der Waals surface area contributed by atoms with Crippen molar-refractivity contribution in [3.8, 4) is 0 Å². The lowest BCUT2D eigenvalue weighted by molar-refractivity contribution is -0.121. The van der Waals surface area contributed by atoms with E-state index in [9.17, 15) is 13.6 Å². The van der Waals surface area contributed by atoms with E-state index < -0.39 is 11.6 Å². The second-order valence-electron chi connectivity index (χ2n) is 4.04. The number of pyridine rings is 1. The third-order valence-corrected chi connectivity index (χ3v) is 2.47. The van der Waals surface area contributed by atoms with Crippen molar-refractivity contribution < 1.29 is 13.6 Å². The first kappa shape index (κ1) is 14.3. The van der Waals surface area contributed by atoms with E-state index in [1.165, 1.54) is 0 Å². The second-order valence-corrected chi connectivity index (χ2v) is 4.04. The molecule has 0 radical (unpaired) electrons. The molecule has 100 valence electrons. The van der Waals surface area contributed by atoms with Crippen molar-refractivity contribution in [1.29, 1.82) is 0 Å². The minimum absolute atomic E-state index is 0.0484. The van der Waals surface area contributed by atoms with Gasteiger partial charge in [0.15, 0.2) is 11.6 Å². The molecule has 0 aliphatic heterocycles. The van der Waals surface area contributed by atoms with Crippen LogP contribution in [0.1, 0.15) is 26.7 Å². The molecule has 2 N–H and O–H groups in total. The maximum Gasteiger partial charge on any atom is 0.221 e. The summed E-state index contributed by atoms with van der Waals surface area (Å²) < 4.78 is 25.8. The predicted octanol–water partition coefficient (Wildman–Crippen LogP) is 2.08. The Kier molecular flexibility index (Phi) is 5.48. The summed E-state index contributed by atoms with van der Waals surface area (Å²) in [6.45, 7) is 4.13. The van der Waals surface area contributed by atoms with Crippen molar-refractivity contribution in [3.05, 3.63) is 23.9 Å². The van der Waals surface area contributed by atoms with E-state index in [1.54, 1.807) is 0 Å². The largest absolute Gasteiger partial charge is 0.367 e. The fourth-order valence-electron chi connectivity index (χ4n) is 1.29. The molecular weight excluding hydrogens is 240 g/mol. The number of carbonyl (C=O) groups is 1. The van der Waals surface area contributed by atoms with Crippen LogP contribution in [0.3, 0.4) is 0 Å². The number of amides is 1. The first-order chi connectivity index (χ1) is 8.52. The molecule has 0 aliphatic carbocycles. The van der Waals surface area contributed by atoms with Gasteiger partial charge in [-0.3, -0.25) is 4.79 Å². The first-order valence-corrected chi connectivity index (χ1v) is 5.87. The monoisotopic (exact) mass is 257 g/mol. The maximum absolute atomic E-state index is 13.2. The van der Waals surface area contributed by atoms with Crippen LogP contribution in [0.25, 0.3) is 0 Å². The Morgan fingerprint density at radius 1 is 1.50 bits per heavy atom. The van der Waals surface area contributed by atoms with Gasteiger partial charge in [-0.25, -0.2) is 13.8 Å². The van der Waals surface area contributed by atoms with Gasteiger partial charge < -0.3 is 10.6 Å². The van der Waals surface area contributed by atoms with Crippen molar-refractivity contribution in [2.45, 2.75) is 32.7 Å². The number of aromatic nitrogens is 1. The van der Waals surface area contributed by atoms with E-state index in [0.717, 1.165) is 18.7 Å². The highest BCUT2D eigenvalue weighted by molar-refractivity contribution is 5.76. The summed E-state index contributed by atoms with van der Waals surface area (Å²) in [6.07, 6.45) is 1.99. The van der Waals surface area contributed by atoms with Gasteiger partial charge in [-0.15, -0.1) is 0 Å². The summed E-state index contributed by atoms with van der Waals surface area (Å²) in [5, 5.41) is 5.44. The molecular formula is C12H17F2N3O. The van der Waals surface area contributed by atoms with Crippen molar-refractivity contribution >= 4 is 11.7 Å². The average Bonchev–Trinajstić information content (AvgIpc) is 2.31. The van der Waals surface area contributed by atoms with Gasteiger partial charge in [0.2, 0.25) is 5.91 Å². The second kappa shape index (κ2) is 6.88. The van der Waals surface area contributed by atoms with Gasteiger partial charge >= 0.3 is 0 Å². The van der Waals surface area contributed by atoms with E-state index in [-0.39, 0.29) is 30.7 Å². The molecule has 18 heavy (non-hydrogen) atoms. The molecule has 1 rings (SSSR count). The van der Waals surface area contributed by atoms with E-state index in [1.807, 2.05) is 13.8 Å². The molecule has 0 saturated heterocycles. The van der Waals surface area contributed by atoms with Gasteiger partial charge in [-0.1, -0.05) is 6.92 Å². The highest BCUT2D eigenvalue weighted by Gasteiger charge is 2.07. The van der Waals surface area contributed by atoms with Crippen molar-refractivity contribution in [2.75, 3.05) is 11.9 Å². The molecule has 0 bridgehead atoms. The van der Waals surface area contributed by atoms with Crippen LogP contribution < -0.4 is 10.6 Å². The standard InChI is InChI=1S/C12H17F2N3O/c1-3-8(2)17-11(18)4-5-15-12-10(14)6-9(13)7-16-12/h6-8H,3-5H2,1-2H3,(H,15,16)(H,17,18). The van der Waals surface area contributed by atoms with E-state index >= 15 is 0 Å². The van der Waals surface area contributed by atoms with E-state index in [2.05, 4.69) is 15.6 Å². The van der Waals surface area contributed by atoms with Gasteiger partial charge in [0.25, 0.3) is 0 Å². The SMILES string of the molecule is CCC(C)NC(=O)CCNc1ncc(F)cc1F. The third-order valence-electron chi connectivity index (χ3n) is 2.47. The number of hydrogen-bond donors (Lipinski definition) is 2. The maximum atomic E-state index is 13.2. The van der Waals surface area contributed by atoms with Gasteiger partial charge in [0, 0.05) is 25.1 Å². The lowest BCUT2D eigenvalue weighted by Crippen LogP contribution is -2.33. The summed E-state index contributed by atoms with van der Waals surface area (Å²) in [5.74, 6) is -1.66. The number of nitrogens with zero attached hydrogens (tertiary/aromatic N) is 1. The molecule has 0 fully saturated rings. The molecule has 0 aromatic carbocycles. The lowest BCUT2D eigenvalue weighted by atomic mass is 10.2. The van der Waals surface area contributed by atoms with Crippen LogP contribution in [0, 0.1) is 11.6 Å². The molecule has 6 heteroatoms. The summed E-state index contributed by atoms with van der Waals surface area (Å²) in [4.78, 5) is 15.0. The molecule has 0 aliphatic rings. The Morgan fingerprint density at radius 3 is 2.83 bits per heavy atom. The van der Waals surface area contributed by atoms with Crippen LogP contribution in [-0.2, 0) is 4.79 Å². The molecule has 0 saturated carbocycles. The van der Waals surface area contributed by atoms with Crippen LogP contribution in [0.4, 0.5) is 14.6 Å². The van der Waals surface area contributed by atoms with Crippen molar-refractivity contribution in [2.24, 2.45) is 0 Å². The van der Waals surface area contributed by atoms with Gasteiger partial charge in [-0.05, 0) is 13.3 Å². The molecule has 1 aromatic heterocycles. The molecule has 1 heterocycles. The minimum Gasteiger partial charge on any atom is -0.367 e. The van der Waals surface area contributed by atoms with E-state index in [4.69, 9.17) is 0 Å². The minimum atomic E-state index is -0.766. The zero-order valence-corrected chi connectivity index (χ0v) is 10.5. The summed E-state index contributed by atoms with van der Waals surface area (Å²) in [7, 11) is 0. The lowest BCUT2D eigenvalue weighted by Gasteiger charge is -2.11. The third kappa shape index (κ3) is 4.65. The fraction of sp³-hybridized carbons (Fsp3) is 0.500. The normalized spacial score (nSPS) is 12.0. The predicted molar refractivity (Wildman–Crippen MR) is 65.2 cm³/mol. The molecule has 4 nitrogen and oxygen atoms in total. The average molecular weight is 257 g/mol.